The van der Waals surface area contributed by atoms with Crippen LogP contribution in [0.2, 0.25) is 0 Å². The third kappa shape index (κ3) is 6.66. The molecule has 0 radical (unpaired) electrons. The van der Waals surface area contributed by atoms with Crippen molar-refractivity contribution in [3.05, 3.63) is 0 Å². The van der Waals surface area contributed by atoms with Gasteiger partial charge in [-0.3, -0.25) is 14.9 Å². The summed E-state index contributed by atoms with van der Waals surface area (Å²) in [5.41, 5.74) is -0.640. The van der Waals surface area contributed by atoms with Crippen LogP contribution >= 0.6 is 0 Å². The van der Waals surface area contributed by atoms with E-state index in [0.717, 1.165) is 12.8 Å². The smallest absolute Gasteiger partial charge is 0.329 e. The normalized spacial score (nSPS) is 16.7. The van der Waals surface area contributed by atoms with Gasteiger partial charge >= 0.3 is 12.0 Å². The average Bonchev–Trinajstić information content (AvgIpc) is 3.20. The molecule has 2 atom stereocenters. The van der Waals surface area contributed by atoms with E-state index in [4.69, 9.17) is 4.74 Å². The molecular formula is C15H25N3O5. The minimum absolute atomic E-state index is 0.119. The summed E-state index contributed by atoms with van der Waals surface area (Å²) in [7, 11) is 0. The summed E-state index contributed by atoms with van der Waals surface area (Å²) in [6.45, 7) is 7.98. The fourth-order valence-electron chi connectivity index (χ4n) is 1.46. The second-order valence-electron chi connectivity index (χ2n) is 6.76. The molecule has 0 heterocycles. The number of amides is 4. The van der Waals surface area contributed by atoms with Crippen LogP contribution in [0.15, 0.2) is 0 Å². The number of carbonyl (C=O) groups excluding carboxylic acids is 4. The number of ether oxygens (including phenoxy) is 1. The van der Waals surface area contributed by atoms with Gasteiger partial charge in [-0.15, -0.1) is 0 Å². The maximum Gasteiger partial charge on any atom is 0.329 e. The summed E-state index contributed by atoms with van der Waals surface area (Å²) in [5, 5.41) is 7.21. The summed E-state index contributed by atoms with van der Waals surface area (Å²) in [5.74, 6) is -1.76. The van der Waals surface area contributed by atoms with Crippen molar-refractivity contribution in [3.8, 4) is 0 Å². The molecule has 23 heavy (non-hydrogen) atoms. The SMILES string of the molecule is C[C@H](OC(=O)[C@@H](C)NC(=O)C(C)(C)C)C(=O)NC(=O)NC1CC1. The molecular weight excluding hydrogens is 302 g/mol. The highest BCUT2D eigenvalue weighted by Crippen LogP contribution is 2.18. The van der Waals surface area contributed by atoms with E-state index in [9.17, 15) is 19.2 Å². The van der Waals surface area contributed by atoms with Crippen LogP contribution < -0.4 is 16.0 Å². The number of urea groups is 1. The Kier molecular flexibility index (Phi) is 6.12. The fraction of sp³-hybridized carbons (Fsp3) is 0.733. The van der Waals surface area contributed by atoms with Crippen LogP contribution in [0.1, 0.15) is 47.5 Å². The maximum atomic E-state index is 11.9. The lowest BCUT2D eigenvalue weighted by Crippen LogP contribution is -2.48. The van der Waals surface area contributed by atoms with Gasteiger partial charge in [-0.25, -0.2) is 9.59 Å². The first-order valence-corrected chi connectivity index (χ1v) is 7.63. The molecule has 1 rings (SSSR count). The van der Waals surface area contributed by atoms with Crippen molar-refractivity contribution in [2.45, 2.75) is 65.6 Å². The lowest BCUT2D eigenvalue weighted by molar-refractivity contribution is -0.157. The Hall–Kier alpha value is -2.12. The predicted octanol–water partition coefficient (Wildman–Crippen LogP) is 0.457. The highest BCUT2D eigenvalue weighted by atomic mass is 16.5. The number of carbonyl (C=O) groups is 4. The molecule has 1 aliphatic carbocycles. The molecule has 0 aliphatic heterocycles. The first-order chi connectivity index (χ1) is 10.5. The van der Waals surface area contributed by atoms with Gasteiger partial charge in [0.05, 0.1) is 0 Å². The lowest BCUT2D eigenvalue weighted by Gasteiger charge is -2.22. The van der Waals surface area contributed by atoms with Gasteiger partial charge < -0.3 is 15.4 Å². The van der Waals surface area contributed by atoms with E-state index in [1.54, 1.807) is 20.8 Å². The zero-order chi connectivity index (χ0) is 17.8. The van der Waals surface area contributed by atoms with Crippen LogP contribution in [-0.4, -0.2) is 42.0 Å². The minimum atomic E-state index is -1.14. The topological polar surface area (TPSA) is 114 Å². The first kappa shape index (κ1) is 18.9. The van der Waals surface area contributed by atoms with Gasteiger partial charge in [-0.1, -0.05) is 20.8 Å². The molecule has 1 aliphatic rings. The van der Waals surface area contributed by atoms with E-state index in [2.05, 4.69) is 16.0 Å². The number of esters is 1. The summed E-state index contributed by atoms with van der Waals surface area (Å²) in [6, 6.07) is -1.37. The quantitative estimate of drug-likeness (QED) is 0.635. The molecule has 8 heteroatoms. The number of hydrogen-bond acceptors (Lipinski definition) is 5. The monoisotopic (exact) mass is 327 g/mol. The van der Waals surface area contributed by atoms with Crippen molar-refractivity contribution < 1.29 is 23.9 Å². The molecule has 1 fully saturated rings. The Balaban J connectivity index is 2.40. The van der Waals surface area contributed by atoms with Crippen LogP contribution in [0, 0.1) is 5.41 Å². The van der Waals surface area contributed by atoms with E-state index in [0.29, 0.717) is 0 Å². The standard InChI is InChI=1S/C15H25N3O5/c1-8(16-13(21)15(3,4)5)12(20)23-9(2)11(19)18-14(22)17-10-6-7-10/h8-10H,6-7H2,1-5H3,(H,16,21)(H2,17,18,19,22)/t8-,9+/m1/s1. The molecule has 4 amide bonds. The summed E-state index contributed by atoms with van der Waals surface area (Å²) in [4.78, 5) is 46.9. The molecule has 3 N–H and O–H groups in total. The number of hydrogen-bond donors (Lipinski definition) is 3. The van der Waals surface area contributed by atoms with Crippen molar-refractivity contribution in [2.75, 3.05) is 0 Å². The van der Waals surface area contributed by atoms with Gasteiger partial charge in [0.2, 0.25) is 5.91 Å². The van der Waals surface area contributed by atoms with Gasteiger partial charge in [-0.05, 0) is 26.7 Å². The third-order valence-corrected chi connectivity index (χ3v) is 3.19. The zero-order valence-corrected chi connectivity index (χ0v) is 14.2. The summed E-state index contributed by atoms with van der Waals surface area (Å²) >= 11 is 0. The number of nitrogens with one attached hydrogen (secondary N) is 3. The van der Waals surface area contributed by atoms with E-state index >= 15 is 0 Å². The van der Waals surface area contributed by atoms with Crippen molar-refractivity contribution in [3.63, 3.8) is 0 Å². The highest BCUT2D eigenvalue weighted by Gasteiger charge is 2.29. The molecule has 0 aromatic rings. The largest absolute Gasteiger partial charge is 0.451 e. The number of rotatable bonds is 5. The third-order valence-electron chi connectivity index (χ3n) is 3.19. The second kappa shape index (κ2) is 7.43. The Morgan fingerprint density at radius 2 is 1.65 bits per heavy atom. The Bertz CT molecular complexity index is 494. The lowest BCUT2D eigenvalue weighted by atomic mass is 9.95. The van der Waals surface area contributed by atoms with Crippen molar-refractivity contribution in [2.24, 2.45) is 5.41 Å². The minimum Gasteiger partial charge on any atom is -0.451 e. The van der Waals surface area contributed by atoms with E-state index in [-0.39, 0.29) is 11.9 Å². The van der Waals surface area contributed by atoms with Gasteiger partial charge in [0.25, 0.3) is 5.91 Å². The average molecular weight is 327 g/mol. The van der Waals surface area contributed by atoms with Gasteiger partial charge in [0.15, 0.2) is 6.10 Å². The van der Waals surface area contributed by atoms with Gasteiger partial charge in [0.1, 0.15) is 6.04 Å². The van der Waals surface area contributed by atoms with Crippen molar-refractivity contribution in [1.82, 2.24) is 16.0 Å². The van der Waals surface area contributed by atoms with Crippen LogP contribution in [0.5, 0.6) is 0 Å². The molecule has 0 bridgehead atoms. The molecule has 0 unspecified atom stereocenters. The predicted molar refractivity (Wildman–Crippen MR) is 82.3 cm³/mol. The molecule has 8 nitrogen and oxygen atoms in total. The molecule has 0 spiro atoms. The summed E-state index contributed by atoms with van der Waals surface area (Å²) < 4.78 is 4.96. The van der Waals surface area contributed by atoms with Gasteiger partial charge in [0, 0.05) is 11.5 Å². The summed E-state index contributed by atoms with van der Waals surface area (Å²) in [6.07, 6.45) is 0.662. The van der Waals surface area contributed by atoms with E-state index in [1.807, 2.05) is 0 Å². The Morgan fingerprint density at radius 3 is 2.13 bits per heavy atom. The molecule has 0 aromatic heterocycles. The molecule has 0 saturated heterocycles. The Morgan fingerprint density at radius 1 is 1.09 bits per heavy atom. The van der Waals surface area contributed by atoms with Crippen LogP contribution in [0.3, 0.4) is 0 Å². The fourth-order valence-corrected chi connectivity index (χ4v) is 1.46. The van der Waals surface area contributed by atoms with Gasteiger partial charge in [-0.2, -0.15) is 0 Å². The molecule has 130 valence electrons. The van der Waals surface area contributed by atoms with E-state index in [1.165, 1.54) is 13.8 Å². The highest BCUT2D eigenvalue weighted by molar-refractivity contribution is 5.97. The zero-order valence-electron chi connectivity index (χ0n) is 14.2. The second-order valence-corrected chi connectivity index (χ2v) is 6.76. The van der Waals surface area contributed by atoms with Crippen LogP contribution in [0.25, 0.3) is 0 Å². The molecule has 1 saturated carbocycles. The first-order valence-electron chi connectivity index (χ1n) is 7.63. The number of imide groups is 1. The van der Waals surface area contributed by atoms with Crippen molar-refractivity contribution >= 4 is 23.8 Å². The van der Waals surface area contributed by atoms with E-state index < -0.39 is 35.5 Å². The van der Waals surface area contributed by atoms with Crippen LogP contribution in [-0.2, 0) is 19.1 Å². The Labute approximate surface area is 135 Å². The maximum absolute atomic E-state index is 11.9. The van der Waals surface area contributed by atoms with Crippen molar-refractivity contribution in [1.29, 1.82) is 0 Å². The van der Waals surface area contributed by atoms with Crippen LogP contribution in [0.4, 0.5) is 4.79 Å². The molecule has 0 aromatic carbocycles.